The first-order chi connectivity index (χ1) is 12.5. The number of benzene rings is 1. The lowest BCUT2D eigenvalue weighted by molar-refractivity contribution is 0.0936. The highest BCUT2D eigenvalue weighted by Crippen LogP contribution is 2.30. The van der Waals surface area contributed by atoms with Crippen LogP contribution < -0.4 is 20.1 Å². The van der Waals surface area contributed by atoms with E-state index in [4.69, 9.17) is 14.0 Å². The molecule has 0 bridgehead atoms. The van der Waals surface area contributed by atoms with Gasteiger partial charge in [0.2, 0.25) is 5.89 Å². The third-order valence-electron chi connectivity index (χ3n) is 3.81. The third-order valence-corrected chi connectivity index (χ3v) is 3.81. The highest BCUT2D eigenvalue weighted by atomic mass is 127. The first-order valence-electron chi connectivity index (χ1n) is 8.62. The summed E-state index contributed by atoms with van der Waals surface area (Å²) in [6.45, 7) is 7.56. The maximum absolute atomic E-state index is 5.92. The molecule has 2 aromatic rings. The van der Waals surface area contributed by atoms with Crippen LogP contribution in [0, 0.1) is 0 Å². The molecule has 1 aromatic heterocycles. The Kier molecular flexibility index (Phi) is 7.28. The maximum Gasteiger partial charge on any atom is 0.232 e. The Morgan fingerprint density at radius 1 is 1.22 bits per heavy atom. The SMILES string of the molecule is CN=C(NCc1noc(C(C)(C)C)n1)NCC1COc2ccccc2O1.I. The average Bonchev–Trinajstić information content (AvgIpc) is 3.11. The molecule has 3 rings (SSSR count). The van der Waals surface area contributed by atoms with E-state index in [2.05, 4.69) is 25.8 Å². The quantitative estimate of drug-likeness (QED) is 0.389. The minimum Gasteiger partial charge on any atom is -0.486 e. The molecule has 0 radical (unpaired) electrons. The number of hydrogen-bond donors (Lipinski definition) is 2. The van der Waals surface area contributed by atoms with Crippen molar-refractivity contribution in [1.82, 2.24) is 20.8 Å². The van der Waals surface area contributed by atoms with Gasteiger partial charge in [-0.25, -0.2) is 0 Å². The van der Waals surface area contributed by atoms with Gasteiger partial charge in [-0.2, -0.15) is 4.98 Å². The van der Waals surface area contributed by atoms with Gasteiger partial charge >= 0.3 is 0 Å². The number of rotatable bonds is 4. The molecule has 0 saturated heterocycles. The molecule has 0 spiro atoms. The van der Waals surface area contributed by atoms with Gasteiger partial charge in [-0.05, 0) is 12.1 Å². The molecule has 2 heterocycles. The minimum absolute atomic E-state index is 0. The van der Waals surface area contributed by atoms with Crippen molar-refractivity contribution < 1.29 is 14.0 Å². The zero-order valence-electron chi connectivity index (χ0n) is 16.0. The van der Waals surface area contributed by atoms with Gasteiger partial charge in [0, 0.05) is 12.5 Å². The molecule has 148 valence electrons. The monoisotopic (exact) mass is 487 g/mol. The summed E-state index contributed by atoms with van der Waals surface area (Å²) in [6, 6.07) is 7.65. The van der Waals surface area contributed by atoms with Gasteiger partial charge < -0.3 is 24.6 Å². The van der Waals surface area contributed by atoms with Crippen LogP contribution >= 0.6 is 24.0 Å². The van der Waals surface area contributed by atoms with Crippen LogP contribution in [0.25, 0.3) is 0 Å². The predicted molar refractivity (Wildman–Crippen MR) is 113 cm³/mol. The number of aliphatic imine (C=N–C) groups is 1. The number of guanidine groups is 1. The summed E-state index contributed by atoms with van der Waals surface area (Å²) in [4.78, 5) is 8.59. The van der Waals surface area contributed by atoms with E-state index in [1.165, 1.54) is 0 Å². The number of para-hydroxylation sites is 2. The van der Waals surface area contributed by atoms with E-state index in [0.29, 0.717) is 37.4 Å². The zero-order chi connectivity index (χ0) is 18.6. The second-order valence-electron chi connectivity index (χ2n) is 7.07. The molecule has 9 heteroatoms. The van der Waals surface area contributed by atoms with Crippen LogP contribution in [0.3, 0.4) is 0 Å². The van der Waals surface area contributed by atoms with Gasteiger partial charge in [-0.1, -0.05) is 38.1 Å². The molecule has 0 amide bonds. The van der Waals surface area contributed by atoms with Gasteiger partial charge in [0.25, 0.3) is 0 Å². The molecule has 1 unspecified atom stereocenters. The first kappa shape index (κ1) is 21.3. The number of fused-ring (bicyclic) bond motifs is 1. The van der Waals surface area contributed by atoms with Crippen LogP contribution in [-0.2, 0) is 12.0 Å². The van der Waals surface area contributed by atoms with Crippen molar-refractivity contribution in [1.29, 1.82) is 0 Å². The van der Waals surface area contributed by atoms with Crippen molar-refractivity contribution in [2.45, 2.75) is 38.8 Å². The van der Waals surface area contributed by atoms with Crippen LogP contribution in [-0.4, -0.2) is 42.4 Å². The minimum atomic E-state index is -0.167. The van der Waals surface area contributed by atoms with Gasteiger partial charge in [-0.15, -0.1) is 24.0 Å². The second kappa shape index (κ2) is 9.25. The van der Waals surface area contributed by atoms with E-state index in [-0.39, 0.29) is 35.5 Å². The highest BCUT2D eigenvalue weighted by molar-refractivity contribution is 14.0. The molecule has 0 saturated carbocycles. The van der Waals surface area contributed by atoms with Crippen LogP contribution in [0.15, 0.2) is 33.8 Å². The van der Waals surface area contributed by atoms with E-state index in [1.807, 2.05) is 45.0 Å². The smallest absolute Gasteiger partial charge is 0.232 e. The van der Waals surface area contributed by atoms with E-state index in [0.717, 1.165) is 11.5 Å². The third kappa shape index (κ3) is 5.72. The van der Waals surface area contributed by atoms with Crippen molar-refractivity contribution in [3.8, 4) is 11.5 Å². The first-order valence-corrected chi connectivity index (χ1v) is 8.62. The molecule has 1 atom stereocenters. The molecule has 1 aromatic carbocycles. The van der Waals surface area contributed by atoms with Crippen LogP contribution in [0.5, 0.6) is 11.5 Å². The molecule has 27 heavy (non-hydrogen) atoms. The Morgan fingerprint density at radius 3 is 2.63 bits per heavy atom. The zero-order valence-corrected chi connectivity index (χ0v) is 18.3. The lowest BCUT2D eigenvalue weighted by Crippen LogP contribution is -2.45. The topological polar surface area (TPSA) is 93.8 Å². The molecular weight excluding hydrogens is 461 g/mol. The summed E-state index contributed by atoms with van der Waals surface area (Å²) in [5.41, 5.74) is -0.167. The molecule has 0 aliphatic carbocycles. The summed E-state index contributed by atoms with van der Waals surface area (Å²) in [6.07, 6.45) is -0.0962. The van der Waals surface area contributed by atoms with Crippen molar-refractivity contribution in [3.63, 3.8) is 0 Å². The number of ether oxygens (including phenoxy) is 2. The number of aromatic nitrogens is 2. The summed E-state index contributed by atoms with van der Waals surface area (Å²) >= 11 is 0. The molecule has 1 aliphatic heterocycles. The Morgan fingerprint density at radius 2 is 1.96 bits per heavy atom. The van der Waals surface area contributed by atoms with Gasteiger partial charge in [0.15, 0.2) is 23.3 Å². The lowest BCUT2D eigenvalue weighted by Gasteiger charge is -2.27. The summed E-state index contributed by atoms with van der Waals surface area (Å²) in [5.74, 6) is 3.37. The summed E-state index contributed by atoms with van der Waals surface area (Å²) in [7, 11) is 1.71. The normalized spacial score (nSPS) is 16.4. The summed E-state index contributed by atoms with van der Waals surface area (Å²) in [5, 5.41) is 10.4. The van der Waals surface area contributed by atoms with Gasteiger partial charge in [-0.3, -0.25) is 4.99 Å². The number of hydrogen-bond acceptors (Lipinski definition) is 6. The van der Waals surface area contributed by atoms with Gasteiger partial charge in [0.05, 0.1) is 13.1 Å². The molecule has 1 aliphatic rings. The van der Waals surface area contributed by atoms with E-state index in [9.17, 15) is 0 Å². The predicted octanol–water partition coefficient (Wildman–Crippen LogP) is 2.49. The number of halogens is 1. The fraction of sp³-hybridized carbons (Fsp3) is 0.500. The highest BCUT2D eigenvalue weighted by Gasteiger charge is 2.22. The van der Waals surface area contributed by atoms with Crippen molar-refractivity contribution >= 4 is 29.9 Å². The Balaban J connectivity index is 0.00000261. The van der Waals surface area contributed by atoms with Gasteiger partial charge in [0.1, 0.15) is 12.7 Å². The maximum atomic E-state index is 5.92. The standard InChI is InChI=1S/C18H25N5O3.HI/c1-18(2,3)16-22-15(23-26-16)10-21-17(19-4)20-9-12-11-24-13-7-5-6-8-14(13)25-12;/h5-8,12H,9-11H2,1-4H3,(H2,19,20,21);1H. The van der Waals surface area contributed by atoms with Crippen molar-refractivity contribution in [3.05, 3.63) is 36.0 Å². The van der Waals surface area contributed by atoms with Crippen LogP contribution in [0.1, 0.15) is 32.5 Å². The average molecular weight is 487 g/mol. The van der Waals surface area contributed by atoms with E-state index in [1.54, 1.807) is 7.05 Å². The molecule has 0 fully saturated rings. The van der Waals surface area contributed by atoms with Crippen molar-refractivity contribution in [2.24, 2.45) is 4.99 Å². The lowest BCUT2D eigenvalue weighted by atomic mass is 9.97. The van der Waals surface area contributed by atoms with Crippen LogP contribution in [0.4, 0.5) is 0 Å². The Bertz CT molecular complexity index is 772. The summed E-state index contributed by atoms with van der Waals surface area (Å²) < 4.78 is 16.9. The van der Waals surface area contributed by atoms with Crippen molar-refractivity contribution in [2.75, 3.05) is 20.2 Å². The number of nitrogens with one attached hydrogen (secondary N) is 2. The molecule has 8 nitrogen and oxygen atoms in total. The Labute approximate surface area is 176 Å². The van der Waals surface area contributed by atoms with Crippen LogP contribution in [0.2, 0.25) is 0 Å². The Hall–Kier alpha value is -2.04. The molecular formula is C18H26IN5O3. The second-order valence-corrected chi connectivity index (χ2v) is 7.07. The van der Waals surface area contributed by atoms with E-state index >= 15 is 0 Å². The largest absolute Gasteiger partial charge is 0.486 e. The fourth-order valence-corrected chi connectivity index (χ4v) is 2.39. The fourth-order valence-electron chi connectivity index (χ4n) is 2.39. The van der Waals surface area contributed by atoms with E-state index < -0.39 is 0 Å². The number of nitrogens with zero attached hydrogens (tertiary/aromatic N) is 3. The molecule has 2 N–H and O–H groups in total.